The third-order valence-electron chi connectivity index (χ3n) is 13.2. The van der Waals surface area contributed by atoms with Crippen molar-refractivity contribution in [1.29, 1.82) is 0 Å². The second-order valence-electron chi connectivity index (χ2n) is 19.6. The lowest BCUT2D eigenvalue weighted by atomic mass is 10.0. The number of carbonyl (C=O) groups excluding carboxylic acids is 2. The highest BCUT2D eigenvalue weighted by Gasteiger charge is 2.18. The van der Waals surface area contributed by atoms with Crippen LogP contribution in [0.2, 0.25) is 0 Å². The Balaban J connectivity index is 3.53. The molecule has 0 radical (unpaired) electrons. The first kappa shape index (κ1) is 62.3. The zero-order valence-electron chi connectivity index (χ0n) is 43.0. The van der Waals surface area contributed by atoms with Crippen molar-refractivity contribution in [3.8, 4) is 0 Å². The summed E-state index contributed by atoms with van der Waals surface area (Å²) in [5, 5.41) is 23.2. The van der Waals surface area contributed by atoms with Crippen LogP contribution in [0.15, 0.2) is 24.3 Å². The van der Waals surface area contributed by atoms with Crippen LogP contribution in [0.1, 0.15) is 309 Å². The van der Waals surface area contributed by atoms with E-state index in [1.165, 1.54) is 205 Å². The Hall–Kier alpha value is -1.66. The number of amides is 1. The molecule has 0 heterocycles. The normalized spacial score (nSPS) is 12.8. The molecule has 2 unspecified atom stereocenters. The summed E-state index contributed by atoms with van der Waals surface area (Å²) in [6.45, 7) is 4.85. The Morgan fingerprint density at radius 1 is 0.422 bits per heavy atom. The van der Waals surface area contributed by atoms with Crippen LogP contribution in [-0.2, 0) is 14.3 Å². The molecule has 0 fully saturated rings. The number of allylic oxidation sites excluding steroid dienone is 3. The van der Waals surface area contributed by atoms with Gasteiger partial charge in [-0.15, -0.1) is 0 Å². The van der Waals surface area contributed by atoms with E-state index in [9.17, 15) is 19.8 Å². The number of carbonyl (C=O) groups is 2. The van der Waals surface area contributed by atoms with E-state index in [4.69, 9.17) is 4.74 Å². The van der Waals surface area contributed by atoms with Crippen LogP contribution in [0.4, 0.5) is 0 Å². The van der Waals surface area contributed by atoms with Gasteiger partial charge in [0.1, 0.15) is 0 Å². The fraction of sp³-hybridized carbons (Fsp3) is 0.897. The van der Waals surface area contributed by atoms with Crippen LogP contribution >= 0.6 is 0 Å². The summed E-state index contributed by atoms with van der Waals surface area (Å²) < 4.78 is 5.43. The summed E-state index contributed by atoms with van der Waals surface area (Å²) in [6.07, 6.45) is 64.9. The molecule has 6 nitrogen and oxygen atoms in total. The minimum atomic E-state index is -0.861. The van der Waals surface area contributed by atoms with E-state index in [0.29, 0.717) is 19.4 Å². The molecule has 0 aromatic carbocycles. The number of aliphatic hydroxyl groups is 2. The summed E-state index contributed by atoms with van der Waals surface area (Å²) in [5.74, 6) is -0.115. The van der Waals surface area contributed by atoms with E-state index in [1.807, 2.05) is 6.08 Å². The van der Waals surface area contributed by atoms with E-state index in [2.05, 4.69) is 31.3 Å². The quantitative estimate of drug-likeness (QED) is 0.0321. The van der Waals surface area contributed by atoms with Gasteiger partial charge < -0.3 is 20.3 Å². The second-order valence-corrected chi connectivity index (χ2v) is 19.6. The molecule has 64 heavy (non-hydrogen) atoms. The smallest absolute Gasteiger partial charge is 0.305 e. The van der Waals surface area contributed by atoms with Gasteiger partial charge >= 0.3 is 5.97 Å². The minimum absolute atomic E-state index is 0.0242. The predicted octanol–water partition coefficient (Wildman–Crippen LogP) is 17.5. The number of ether oxygens (including phenoxy) is 1. The maximum Gasteiger partial charge on any atom is 0.305 e. The number of aliphatic hydroxyl groups excluding tert-OH is 2. The molecule has 0 saturated heterocycles. The van der Waals surface area contributed by atoms with Gasteiger partial charge in [-0.2, -0.15) is 0 Å². The van der Waals surface area contributed by atoms with Crippen LogP contribution in [-0.4, -0.2) is 47.4 Å². The van der Waals surface area contributed by atoms with Gasteiger partial charge in [-0.3, -0.25) is 9.59 Å². The Morgan fingerprint density at radius 2 is 0.734 bits per heavy atom. The molecule has 0 rings (SSSR count). The lowest BCUT2D eigenvalue weighted by Gasteiger charge is -2.20. The molecular formula is C58H111NO5. The highest BCUT2D eigenvalue weighted by atomic mass is 16.5. The highest BCUT2D eigenvalue weighted by molar-refractivity contribution is 5.76. The van der Waals surface area contributed by atoms with Crippen LogP contribution < -0.4 is 5.32 Å². The molecule has 0 aliphatic heterocycles. The molecule has 0 spiro atoms. The topological polar surface area (TPSA) is 95.9 Å². The molecule has 378 valence electrons. The second kappa shape index (κ2) is 54.0. The lowest BCUT2D eigenvalue weighted by molar-refractivity contribution is -0.143. The zero-order chi connectivity index (χ0) is 46.5. The number of esters is 1. The zero-order valence-corrected chi connectivity index (χ0v) is 43.0. The summed E-state index contributed by atoms with van der Waals surface area (Å²) in [7, 11) is 0. The SMILES string of the molecule is CCCCCCCCCCCCCCCCCCCCCCCC/C=C/C(O)C(CO)NC(=O)CCCCCCC/C=C\CCCCCOC(=O)CCCCCCCCCCCCC. The van der Waals surface area contributed by atoms with Crippen LogP contribution in [0, 0.1) is 0 Å². The third-order valence-corrected chi connectivity index (χ3v) is 13.2. The first-order valence-electron chi connectivity index (χ1n) is 28.6. The Bertz CT molecular complexity index is 997. The molecule has 2 atom stereocenters. The van der Waals surface area contributed by atoms with Crippen molar-refractivity contribution in [3.63, 3.8) is 0 Å². The fourth-order valence-electron chi connectivity index (χ4n) is 8.81. The van der Waals surface area contributed by atoms with E-state index in [-0.39, 0.29) is 18.5 Å². The van der Waals surface area contributed by atoms with E-state index in [0.717, 1.165) is 77.0 Å². The van der Waals surface area contributed by atoms with Crippen molar-refractivity contribution >= 4 is 11.9 Å². The molecule has 0 saturated carbocycles. The van der Waals surface area contributed by atoms with Gasteiger partial charge in [0.2, 0.25) is 5.91 Å². The number of rotatable bonds is 53. The minimum Gasteiger partial charge on any atom is -0.466 e. The van der Waals surface area contributed by atoms with Crippen LogP contribution in [0.25, 0.3) is 0 Å². The van der Waals surface area contributed by atoms with Crippen molar-refractivity contribution in [1.82, 2.24) is 5.32 Å². The third kappa shape index (κ3) is 49.8. The summed E-state index contributed by atoms with van der Waals surface area (Å²) in [5.41, 5.74) is 0. The Kier molecular flexibility index (Phi) is 52.6. The van der Waals surface area contributed by atoms with Gasteiger partial charge in [-0.1, -0.05) is 256 Å². The molecule has 0 aromatic rings. The molecule has 3 N–H and O–H groups in total. The predicted molar refractivity (Wildman–Crippen MR) is 278 cm³/mol. The average Bonchev–Trinajstić information content (AvgIpc) is 3.29. The first-order valence-corrected chi connectivity index (χ1v) is 28.6. The number of unbranched alkanes of at least 4 members (excludes halogenated alkanes) is 40. The molecule has 0 aliphatic rings. The first-order chi connectivity index (χ1) is 31.5. The van der Waals surface area contributed by atoms with E-state index >= 15 is 0 Å². The Morgan fingerprint density at radius 3 is 1.11 bits per heavy atom. The maximum absolute atomic E-state index is 12.5. The van der Waals surface area contributed by atoms with E-state index in [1.54, 1.807) is 6.08 Å². The van der Waals surface area contributed by atoms with Gasteiger partial charge in [0, 0.05) is 12.8 Å². The molecule has 0 bridgehead atoms. The monoisotopic (exact) mass is 902 g/mol. The molecule has 0 aromatic heterocycles. The van der Waals surface area contributed by atoms with Crippen molar-refractivity contribution in [3.05, 3.63) is 24.3 Å². The highest BCUT2D eigenvalue weighted by Crippen LogP contribution is 2.17. The van der Waals surface area contributed by atoms with Crippen LogP contribution in [0.5, 0.6) is 0 Å². The van der Waals surface area contributed by atoms with Gasteiger partial charge in [0.15, 0.2) is 0 Å². The van der Waals surface area contributed by atoms with Crippen molar-refractivity contribution in [2.45, 2.75) is 321 Å². The van der Waals surface area contributed by atoms with Gasteiger partial charge in [0.05, 0.1) is 25.4 Å². The summed E-state index contributed by atoms with van der Waals surface area (Å²) in [6, 6.07) is -0.647. The summed E-state index contributed by atoms with van der Waals surface area (Å²) >= 11 is 0. The molecule has 0 aliphatic carbocycles. The van der Waals surface area contributed by atoms with Gasteiger partial charge in [0.25, 0.3) is 0 Å². The fourth-order valence-corrected chi connectivity index (χ4v) is 8.81. The maximum atomic E-state index is 12.5. The average molecular weight is 903 g/mol. The van der Waals surface area contributed by atoms with Crippen molar-refractivity contribution in [2.75, 3.05) is 13.2 Å². The molecule has 1 amide bonds. The number of hydrogen-bond acceptors (Lipinski definition) is 5. The van der Waals surface area contributed by atoms with E-state index < -0.39 is 12.1 Å². The summed E-state index contributed by atoms with van der Waals surface area (Å²) in [4.78, 5) is 24.5. The Labute approximate surface area is 399 Å². The van der Waals surface area contributed by atoms with Gasteiger partial charge in [-0.25, -0.2) is 0 Å². The molecule has 6 heteroatoms. The lowest BCUT2D eigenvalue weighted by Crippen LogP contribution is -2.45. The molecular weight excluding hydrogens is 791 g/mol. The van der Waals surface area contributed by atoms with Crippen molar-refractivity contribution < 1.29 is 24.5 Å². The standard InChI is InChI=1S/C58H111NO5/c1-3-5-7-9-11-13-15-16-17-18-19-20-21-22-23-24-25-26-27-31-34-38-42-46-50-56(61)55(54-60)59-57(62)51-47-43-39-35-32-28-29-33-37-41-45-49-53-64-58(63)52-48-44-40-36-30-14-12-10-8-6-4-2/h29,33,46,50,55-56,60-61H,3-28,30-32,34-45,47-49,51-54H2,1-2H3,(H,59,62)/b33-29-,50-46+. The van der Waals surface area contributed by atoms with Crippen molar-refractivity contribution in [2.24, 2.45) is 0 Å². The number of hydrogen-bond donors (Lipinski definition) is 3. The van der Waals surface area contributed by atoms with Gasteiger partial charge in [-0.05, 0) is 64.2 Å². The number of nitrogens with one attached hydrogen (secondary N) is 1. The largest absolute Gasteiger partial charge is 0.466 e. The van der Waals surface area contributed by atoms with Crippen LogP contribution in [0.3, 0.4) is 0 Å².